The third kappa shape index (κ3) is 6.19. The molecule has 5 atom stereocenters. The smallest absolute Gasteiger partial charge is 0.409 e. The number of carbonyl (C=O) groups is 3. The Morgan fingerprint density at radius 3 is 2.73 bits per heavy atom. The number of rotatable bonds is 6. The van der Waals surface area contributed by atoms with Gasteiger partial charge in [-0.05, 0) is 31.6 Å². The van der Waals surface area contributed by atoms with Crippen LogP contribution in [0.1, 0.15) is 44.7 Å². The van der Waals surface area contributed by atoms with Crippen LogP contribution in [0.3, 0.4) is 0 Å². The highest BCUT2D eigenvalue weighted by Crippen LogP contribution is 2.32. The summed E-state index contributed by atoms with van der Waals surface area (Å²) in [5.74, 6) is 6.05. The second-order valence-corrected chi connectivity index (χ2v) is 10.5. The van der Waals surface area contributed by atoms with Gasteiger partial charge in [0.1, 0.15) is 17.7 Å². The van der Waals surface area contributed by atoms with E-state index in [4.69, 9.17) is 15.2 Å². The van der Waals surface area contributed by atoms with Gasteiger partial charge in [-0.15, -0.1) is 0 Å². The summed E-state index contributed by atoms with van der Waals surface area (Å²) in [4.78, 5) is 50.5. The SMILES string of the molecule is CCNC(=O)[C@H]1O[C@@H](n2cnc3c(N)nc(C#CCC4CCN(C(=O)OCC5CNC(=O)C5)CC4)nc32)[C@@H](O)C1O. The maximum Gasteiger partial charge on any atom is 0.409 e. The summed E-state index contributed by atoms with van der Waals surface area (Å²) in [6.45, 7) is 3.98. The average Bonchev–Trinajstić information content (AvgIpc) is 3.65. The largest absolute Gasteiger partial charge is 0.449 e. The van der Waals surface area contributed by atoms with Crippen LogP contribution in [0.5, 0.6) is 0 Å². The molecule has 6 N–H and O–H groups in total. The fraction of sp³-hybridized carbons (Fsp3) is 0.615. The Balaban J connectivity index is 1.18. The lowest BCUT2D eigenvalue weighted by Crippen LogP contribution is -2.42. The topological polar surface area (TPSA) is 207 Å². The van der Waals surface area contributed by atoms with E-state index in [0.29, 0.717) is 39.0 Å². The fourth-order valence-corrected chi connectivity index (χ4v) is 5.22. The number of piperidine rings is 1. The Kier molecular flexibility index (Phi) is 8.52. The molecule has 5 heterocycles. The zero-order valence-corrected chi connectivity index (χ0v) is 22.7. The summed E-state index contributed by atoms with van der Waals surface area (Å²) in [5, 5.41) is 26.3. The van der Waals surface area contributed by atoms with Crippen molar-refractivity contribution in [3.8, 4) is 11.8 Å². The van der Waals surface area contributed by atoms with E-state index in [1.165, 1.54) is 10.9 Å². The molecule has 15 nitrogen and oxygen atoms in total. The molecular formula is C26H34N8O7. The van der Waals surface area contributed by atoms with Crippen LogP contribution in [0.4, 0.5) is 10.6 Å². The number of carbonyl (C=O) groups excluding carboxylic acids is 3. The van der Waals surface area contributed by atoms with Crippen LogP contribution in [0, 0.1) is 23.7 Å². The molecule has 2 aromatic heterocycles. The lowest BCUT2D eigenvalue weighted by Gasteiger charge is -2.30. The van der Waals surface area contributed by atoms with Gasteiger partial charge in [0.2, 0.25) is 11.7 Å². The first-order valence-corrected chi connectivity index (χ1v) is 13.7. The molecule has 3 amide bonds. The molecule has 0 aliphatic carbocycles. The molecule has 0 spiro atoms. The van der Waals surface area contributed by atoms with E-state index in [9.17, 15) is 24.6 Å². The Bertz CT molecular complexity index is 1360. The van der Waals surface area contributed by atoms with Gasteiger partial charge < -0.3 is 41.0 Å². The lowest BCUT2D eigenvalue weighted by molar-refractivity contribution is -0.137. The number of imidazole rings is 1. The number of nitrogen functional groups attached to an aromatic ring is 1. The molecule has 0 aromatic carbocycles. The first kappa shape index (κ1) is 28.5. The Morgan fingerprint density at radius 2 is 2.02 bits per heavy atom. The molecule has 0 saturated carbocycles. The van der Waals surface area contributed by atoms with Crippen LogP contribution < -0.4 is 16.4 Å². The number of amides is 3. The van der Waals surface area contributed by atoms with Crippen LogP contribution in [-0.2, 0) is 19.1 Å². The van der Waals surface area contributed by atoms with Gasteiger partial charge >= 0.3 is 6.09 Å². The van der Waals surface area contributed by atoms with E-state index in [0.717, 1.165) is 12.8 Å². The van der Waals surface area contributed by atoms with E-state index in [1.807, 2.05) is 0 Å². The second-order valence-electron chi connectivity index (χ2n) is 10.5. The van der Waals surface area contributed by atoms with Crippen LogP contribution in [0.15, 0.2) is 6.33 Å². The van der Waals surface area contributed by atoms with Crippen molar-refractivity contribution >= 4 is 34.9 Å². The van der Waals surface area contributed by atoms with Gasteiger partial charge in [-0.25, -0.2) is 19.7 Å². The molecule has 220 valence electrons. The lowest BCUT2D eigenvalue weighted by atomic mass is 9.94. The minimum Gasteiger partial charge on any atom is -0.449 e. The van der Waals surface area contributed by atoms with Crippen molar-refractivity contribution in [1.29, 1.82) is 0 Å². The number of nitrogens with one attached hydrogen (secondary N) is 2. The molecule has 5 rings (SSSR count). The molecular weight excluding hydrogens is 536 g/mol. The number of aliphatic hydroxyl groups is 2. The Morgan fingerprint density at radius 1 is 1.24 bits per heavy atom. The minimum absolute atomic E-state index is 0.0144. The number of hydrogen-bond acceptors (Lipinski definition) is 11. The van der Waals surface area contributed by atoms with Gasteiger partial charge in [-0.2, -0.15) is 0 Å². The molecule has 0 radical (unpaired) electrons. The predicted molar refractivity (Wildman–Crippen MR) is 143 cm³/mol. The molecule has 3 saturated heterocycles. The van der Waals surface area contributed by atoms with Crippen molar-refractivity contribution in [2.24, 2.45) is 11.8 Å². The zero-order valence-electron chi connectivity index (χ0n) is 22.7. The Hall–Kier alpha value is -4.00. The van der Waals surface area contributed by atoms with E-state index >= 15 is 0 Å². The zero-order chi connectivity index (χ0) is 29.1. The van der Waals surface area contributed by atoms with E-state index in [2.05, 4.69) is 37.4 Å². The number of likely N-dealkylation sites (N-methyl/N-ethyl adjacent to an activating group) is 1. The summed E-state index contributed by atoms with van der Waals surface area (Å²) in [7, 11) is 0. The number of nitrogens with zero attached hydrogens (tertiary/aromatic N) is 5. The number of aromatic nitrogens is 4. The summed E-state index contributed by atoms with van der Waals surface area (Å²) in [5.41, 5.74) is 6.62. The summed E-state index contributed by atoms with van der Waals surface area (Å²) in [6.07, 6.45) is -1.71. The first-order valence-electron chi connectivity index (χ1n) is 13.7. The predicted octanol–water partition coefficient (Wildman–Crippen LogP) is -1.11. The summed E-state index contributed by atoms with van der Waals surface area (Å²) in [6, 6.07) is 0. The number of likely N-dealkylation sites (tertiary alicyclic amines) is 1. The van der Waals surface area contributed by atoms with Gasteiger partial charge in [0.25, 0.3) is 5.91 Å². The maximum atomic E-state index is 12.4. The van der Waals surface area contributed by atoms with Crippen LogP contribution in [-0.4, -0.2) is 104 Å². The monoisotopic (exact) mass is 570 g/mol. The normalized spacial score (nSPS) is 26.5. The van der Waals surface area contributed by atoms with E-state index in [1.54, 1.807) is 11.8 Å². The van der Waals surface area contributed by atoms with Gasteiger partial charge in [0.15, 0.2) is 23.8 Å². The van der Waals surface area contributed by atoms with Gasteiger partial charge in [0, 0.05) is 44.9 Å². The van der Waals surface area contributed by atoms with Crippen LogP contribution in [0.2, 0.25) is 0 Å². The quantitative estimate of drug-likeness (QED) is 0.263. The van der Waals surface area contributed by atoms with Gasteiger partial charge in [-0.3, -0.25) is 14.2 Å². The van der Waals surface area contributed by atoms with Gasteiger partial charge in [-0.1, -0.05) is 5.92 Å². The van der Waals surface area contributed by atoms with Crippen molar-refractivity contribution in [3.63, 3.8) is 0 Å². The first-order chi connectivity index (χ1) is 19.7. The fourth-order valence-electron chi connectivity index (χ4n) is 5.22. The van der Waals surface area contributed by atoms with Crippen molar-refractivity contribution in [2.45, 2.75) is 57.1 Å². The molecule has 0 bridgehead atoms. The third-order valence-electron chi connectivity index (χ3n) is 7.54. The van der Waals surface area contributed by atoms with Crippen molar-refractivity contribution in [1.82, 2.24) is 35.1 Å². The minimum atomic E-state index is -1.44. The standard InChI is InChI=1S/C26H34N8O7/c1-2-28-24(38)21-19(36)20(37)25(41-21)34-13-30-18-22(27)31-16(32-23(18)34)5-3-4-14-6-8-33(9-7-14)26(39)40-12-15-10-17(35)29-11-15/h13-15,19-21,25,36-37H,2,4,6-12H2,1H3,(H,28,38)(H,29,35)(H2,27,31,32)/t15?,19?,20-,21-,25+/m0/s1. The van der Waals surface area contributed by atoms with Crippen LogP contribution in [0.25, 0.3) is 11.2 Å². The number of aliphatic hydroxyl groups excluding tert-OH is 2. The van der Waals surface area contributed by atoms with Crippen molar-refractivity contribution in [2.75, 3.05) is 38.5 Å². The average molecular weight is 571 g/mol. The summed E-state index contributed by atoms with van der Waals surface area (Å²) >= 11 is 0. The Labute approximate surface area is 235 Å². The number of ether oxygens (including phenoxy) is 2. The van der Waals surface area contributed by atoms with Crippen LogP contribution >= 0.6 is 0 Å². The van der Waals surface area contributed by atoms with E-state index < -0.39 is 30.4 Å². The highest BCUT2D eigenvalue weighted by molar-refractivity contribution is 5.83. The maximum absolute atomic E-state index is 12.4. The second kappa shape index (κ2) is 12.2. The molecule has 41 heavy (non-hydrogen) atoms. The molecule has 3 aliphatic rings. The molecule has 2 aromatic rings. The van der Waals surface area contributed by atoms with E-state index in [-0.39, 0.29) is 53.2 Å². The number of nitrogens with two attached hydrogens (primary N) is 1. The third-order valence-corrected chi connectivity index (χ3v) is 7.54. The summed E-state index contributed by atoms with van der Waals surface area (Å²) < 4.78 is 12.5. The van der Waals surface area contributed by atoms with Crippen molar-refractivity contribution < 1.29 is 34.1 Å². The van der Waals surface area contributed by atoms with Crippen molar-refractivity contribution in [3.05, 3.63) is 12.2 Å². The molecule has 3 fully saturated rings. The molecule has 3 aliphatic heterocycles. The van der Waals surface area contributed by atoms with Gasteiger partial charge in [0.05, 0.1) is 12.9 Å². The molecule has 15 heteroatoms. The number of anilines is 1. The number of hydrogen-bond donors (Lipinski definition) is 5. The molecule has 2 unspecified atom stereocenters. The highest BCUT2D eigenvalue weighted by Gasteiger charge is 2.47. The number of fused-ring (bicyclic) bond motifs is 1. The highest BCUT2D eigenvalue weighted by atomic mass is 16.6.